The van der Waals surface area contributed by atoms with Crippen LogP contribution in [0, 0.1) is 5.21 Å². The van der Waals surface area contributed by atoms with Crippen molar-refractivity contribution in [3.63, 3.8) is 0 Å². The average Bonchev–Trinajstić information content (AvgIpc) is 3.26. The number of anilines is 1. The Morgan fingerprint density at radius 2 is 1.50 bits per heavy atom. The number of aliphatic hydroxyl groups is 1. The second-order valence-electron chi connectivity index (χ2n) is 9.61. The Balaban J connectivity index is 1.23. The number of carbonyl (C=O) groups excluding carboxylic acids is 2. The Labute approximate surface area is 235 Å². The summed E-state index contributed by atoms with van der Waals surface area (Å²) >= 11 is 1.42. The Morgan fingerprint density at radius 3 is 2.15 bits per heavy atom. The largest absolute Gasteiger partial charge is 0.618 e. The maximum absolute atomic E-state index is 12.9. The normalized spacial score (nSPS) is 20.5. The minimum Gasteiger partial charge on any atom is -0.618 e. The van der Waals surface area contributed by atoms with Crippen LogP contribution >= 0.6 is 11.8 Å². The summed E-state index contributed by atoms with van der Waals surface area (Å²) in [7, 11) is 0. The molecule has 2 aliphatic heterocycles. The fraction of sp³-hybridized carbons (Fsp3) is 0.194. The number of pyridine rings is 1. The molecule has 2 aliphatic rings. The van der Waals surface area contributed by atoms with Gasteiger partial charge in [0, 0.05) is 29.9 Å². The van der Waals surface area contributed by atoms with Gasteiger partial charge in [-0.25, -0.2) is 4.90 Å². The topological polar surface area (TPSA) is 103 Å². The summed E-state index contributed by atoms with van der Waals surface area (Å²) in [5, 5.41) is 22.2. The fourth-order valence-corrected chi connectivity index (χ4v) is 5.86. The predicted molar refractivity (Wildman–Crippen MR) is 149 cm³/mol. The molecule has 2 amide bonds. The number of fused-ring (bicyclic) bond motifs is 1. The van der Waals surface area contributed by atoms with Crippen LogP contribution in [0.25, 0.3) is 0 Å². The Morgan fingerprint density at radius 1 is 0.850 bits per heavy atom. The van der Waals surface area contributed by atoms with E-state index >= 15 is 0 Å². The van der Waals surface area contributed by atoms with Crippen molar-refractivity contribution in [2.75, 3.05) is 10.7 Å². The molecule has 0 radical (unpaired) electrons. The van der Waals surface area contributed by atoms with E-state index in [1.807, 2.05) is 30.3 Å². The molecule has 0 saturated carbocycles. The maximum Gasteiger partial charge on any atom is 0.266 e. The van der Waals surface area contributed by atoms with E-state index in [1.165, 1.54) is 22.9 Å². The molecule has 0 aliphatic carbocycles. The highest BCUT2D eigenvalue weighted by atomic mass is 32.2. The number of hydrogen-bond donors (Lipinski definition) is 1. The lowest BCUT2D eigenvalue weighted by atomic mass is 10.0. The third-order valence-electron chi connectivity index (χ3n) is 7.04. The number of benzene rings is 3. The highest BCUT2D eigenvalue weighted by molar-refractivity contribution is 7.99. The second-order valence-corrected chi connectivity index (χ2v) is 10.6. The molecule has 202 valence electrons. The molecule has 3 heterocycles. The summed E-state index contributed by atoms with van der Waals surface area (Å²) in [5.74, 6) is -0.151. The first kappa shape index (κ1) is 26.2. The molecular weight excluding hydrogens is 528 g/mol. The van der Waals surface area contributed by atoms with Crippen LogP contribution in [0.2, 0.25) is 0 Å². The van der Waals surface area contributed by atoms with Gasteiger partial charge >= 0.3 is 0 Å². The molecule has 0 unspecified atom stereocenters. The second kappa shape index (κ2) is 11.2. The molecule has 4 aromatic rings. The summed E-state index contributed by atoms with van der Waals surface area (Å²) < 4.78 is 13.6. The van der Waals surface area contributed by atoms with Crippen molar-refractivity contribution in [1.29, 1.82) is 0 Å². The SMILES string of the molecule is O=C1c2ccccc2C(=O)N1c1ccc([C@H]2O[C@@H](CSc3cccc[n+]3[O-])C[C@@H](c3ccc(CO)cc3)O2)cc1. The van der Waals surface area contributed by atoms with Gasteiger partial charge in [-0.1, -0.05) is 60.3 Å². The number of ether oxygens (including phenoxy) is 2. The Hall–Kier alpha value is -4.02. The van der Waals surface area contributed by atoms with Gasteiger partial charge in [0.05, 0.1) is 35.6 Å². The predicted octanol–water partition coefficient (Wildman–Crippen LogP) is 4.95. The fourth-order valence-electron chi connectivity index (χ4n) is 4.93. The number of thioether (sulfide) groups is 1. The lowest BCUT2D eigenvalue weighted by molar-refractivity contribution is -0.645. The standard InChI is InChI=1S/C31H26N2O6S/c34-18-20-8-10-21(11-9-20)27-17-24(19-40-28-7-3-4-16-32(28)37)38-31(39-27)22-12-14-23(15-13-22)33-29(35)25-5-1-2-6-26(25)30(33)36/h1-16,24,27,31,34H,17-19H2/t24-,27+,31+/m1/s1. The molecule has 6 rings (SSSR count). The van der Waals surface area contributed by atoms with Crippen LogP contribution in [0.4, 0.5) is 5.69 Å². The lowest BCUT2D eigenvalue weighted by Crippen LogP contribution is -2.33. The molecular formula is C31H26N2O6S. The number of aromatic nitrogens is 1. The van der Waals surface area contributed by atoms with E-state index in [4.69, 9.17) is 9.47 Å². The summed E-state index contributed by atoms with van der Waals surface area (Å²) in [6.45, 7) is -0.0392. The Kier molecular flexibility index (Phi) is 7.36. The van der Waals surface area contributed by atoms with E-state index in [1.54, 1.807) is 60.7 Å². The van der Waals surface area contributed by atoms with Gasteiger partial charge in [0.25, 0.3) is 16.8 Å². The Bertz CT molecular complexity index is 1510. The highest BCUT2D eigenvalue weighted by Crippen LogP contribution is 2.40. The van der Waals surface area contributed by atoms with E-state index in [9.17, 15) is 19.9 Å². The van der Waals surface area contributed by atoms with Crippen molar-refractivity contribution in [3.05, 3.63) is 130 Å². The molecule has 9 heteroatoms. The van der Waals surface area contributed by atoms with Crippen LogP contribution in [0.5, 0.6) is 0 Å². The van der Waals surface area contributed by atoms with Crippen molar-refractivity contribution in [2.24, 2.45) is 0 Å². The monoisotopic (exact) mass is 554 g/mol. The zero-order valence-electron chi connectivity index (χ0n) is 21.4. The van der Waals surface area contributed by atoms with E-state index < -0.39 is 6.29 Å². The molecule has 8 nitrogen and oxygen atoms in total. The number of imide groups is 1. The number of hydrogen-bond acceptors (Lipinski definition) is 7. The molecule has 1 fully saturated rings. The molecule has 40 heavy (non-hydrogen) atoms. The number of rotatable bonds is 7. The minimum absolute atomic E-state index is 0.0392. The van der Waals surface area contributed by atoms with Crippen LogP contribution in [-0.2, 0) is 16.1 Å². The van der Waals surface area contributed by atoms with E-state index in [0.717, 1.165) is 21.4 Å². The number of amides is 2. The van der Waals surface area contributed by atoms with Crippen LogP contribution in [0.3, 0.4) is 0 Å². The van der Waals surface area contributed by atoms with Gasteiger partial charge < -0.3 is 19.8 Å². The zero-order chi connectivity index (χ0) is 27.6. The number of aliphatic hydroxyl groups excluding tert-OH is 1. The number of nitrogens with zero attached hydrogens (tertiary/aromatic N) is 2. The summed E-state index contributed by atoms with van der Waals surface area (Å²) in [5.41, 5.74) is 3.77. The van der Waals surface area contributed by atoms with Crippen molar-refractivity contribution >= 4 is 29.3 Å². The molecule has 1 aromatic heterocycles. The number of carbonyl (C=O) groups is 2. The van der Waals surface area contributed by atoms with Gasteiger partial charge in [-0.05, 0) is 41.5 Å². The first-order valence-electron chi connectivity index (χ1n) is 12.9. The summed E-state index contributed by atoms with van der Waals surface area (Å²) in [6, 6.07) is 26.7. The molecule has 1 saturated heterocycles. The summed E-state index contributed by atoms with van der Waals surface area (Å²) in [4.78, 5) is 27.0. The van der Waals surface area contributed by atoms with Crippen molar-refractivity contribution in [1.82, 2.24) is 0 Å². The zero-order valence-corrected chi connectivity index (χ0v) is 22.2. The third-order valence-corrected chi connectivity index (χ3v) is 8.19. The first-order chi connectivity index (χ1) is 19.5. The minimum atomic E-state index is -0.701. The smallest absolute Gasteiger partial charge is 0.266 e. The molecule has 3 atom stereocenters. The van der Waals surface area contributed by atoms with Gasteiger partial charge in [0.1, 0.15) is 0 Å². The van der Waals surface area contributed by atoms with Crippen LogP contribution in [-0.4, -0.2) is 28.8 Å². The van der Waals surface area contributed by atoms with E-state index in [2.05, 4.69) is 0 Å². The van der Waals surface area contributed by atoms with Gasteiger partial charge in [-0.2, -0.15) is 4.73 Å². The van der Waals surface area contributed by atoms with Crippen molar-refractivity contribution in [2.45, 2.75) is 36.6 Å². The molecule has 0 bridgehead atoms. The van der Waals surface area contributed by atoms with Gasteiger partial charge in [0.15, 0.2) is 12.5 Å². The van der Waals surface area contributed by atoms with Crippen LogP contribution < -0.4 is 9.63 Å². The van der Waals surface area contributed by atoms with E-state index in [-0.39, 0.29) is 30.6 Å². The van der Waals surface area contributed by atoms with Crippen molar-refractivity contribution in [3.8, 4) is 0 Å². The maximum atomic E-state index is 12.9. The van der Waals surface area contributed by atoms with Crippen LogP contribution in [0.15, 0.2) is 102 Å². The van der Waals surface area contributed by atoms with Gasteiger partial charge in [-0.15, -0.1) is 0 Å². The average molecular weight is 555 g/mol. The molecule has 1 N–H and O–H groups in total. The summed E-state index contributed by atoms with van der Waals surface area (Å²) in [6.07, 6.45) is 0.858. The third kappa shape index (κ3) is 5.12. The van der Waals surface area contributed by atoms with Crippen molar-refractivity contribution < 1.29 is 28.9 Å². The lowest BCUT2D eigenvalue weighted by Gasteiger charge is -2.36. The van der Waals surface area contributed by atoms with Gasteiger partial charge in [0.2, 0.25) is 0 Å². The van der Waals surface area contributed by atoms with Crippen LogP contribution in [0.1, 0.15) is 56.2 Å². The quantitative estimate of drug-likeness (QED) is 0.149. The molecule has 3 aromatic carbocycles. The van der Waals surface area contributed by atoms with Gasteiger partial charge in [-0.3, -0.25) is 9.59 Å². The van der Waals surface area contributed by atoms with E-state index in [0.29, 0.717) is 34.0 Å². The molecule has 0 spiro atoms. The first-order valence-corrected chi connectivity index (χ1v) is 13.9. The highest BCUT2D eigenvalue weighted by Gasteiger charge is 2.37.